The van der Waals surface area contributed by atoms with Gasteiger partial charge in [0.25, 0.3) is 5.91 Å². The standard InChI is InChI=1S/C17H11F2N3O4S/c1-27(24,25)22-17(23)14-6-15(18)12(5-16(14)19)9-26-13-3-2-10(7-20)11(4-13)8-21/h2-6H,9H2,1H3,(H,22,23). The Morgan fingerprint density at radius 2 is 1.78 bits per heavy atom. The second-order valence-electron chi connectivity index (χ2n) is 5.35. The maximum absolute atomic E-state index is 14.1. The normalized spacial score (nSPS) is 10.6. The largest absolute Gasteiger partial charge is 0.489 e. The zero-order chi connectivity index (χ0) is 20.2. The van der Waals surface area contributed by atoms with Crippen molar-refractivity contribution in [1.82, 2.24) is 4.72 Å². The SMILES string of the molecule is CS(=O)(=O)NC(=O)c1cc(F)c(COc2ccc(C#N)c(C#N)c2)cc1F. The molecular formula is C17H11F2N3O4S. The second-order valence-corrected chi connectivity index (χ2v) is 7.09. The molecule has 0 atom stereocenters. The van der Waals surface area contributed by atoms with E-state index in [1.807, 2.05) is 12.1 Å². The highest BCUT2D eigenvalue weighted by atomic mass is 32.2. The Morgan fingerprint density at radius 3 is 2.37 bits per heavy atom. The average Bonchev–Trinajstić information content (AvgIpc) is 2.60. The van der Waals surface area contributed by atoms with Crippen molar-refractivity contribution in [2.24, 2.45) is 0 Å². The van der Waals surface area contributed by atoms with Gasteiger partial charge in [-0.25, -0.2) is 21.9 Å². The molecule has 2 aromatic rings. The minimum Gasteiger partial charge on any atom is -0.489 e. The van der Waals surface area contributed by atoms with Crippen LogP contribution in [0.2, 0.25) is 0 Å². The summed E-state index contributed by atoms with van der Waals surface area (Å²) < 4.78 is 57.0. The number of carbonyl (C=O) groups is 1. The van der Waals surface area contributed by atoms with Crippen LogP contribution >= 0.6 is 0 Å². The van der Waals surface area contributed by atoms with Gasteiger partial charge in [-0.3, -0.25) is 4.79 Å². The van der Waals surface area contributed by atoms with Gasteiger partial charge in [-0.1, -0.05) is 0 Å². The molecule has 2 rings (SSSR count). The highest BCUT2D eigenvalue weighted by molar-refractivity contribution is 7.89. The summed E-state index contributed by atoms with van der Waals surface area (Å²) in [5.41, 5.74) is -0.796. The van der Waals surface area contributed by atoms with Crippen LogP contribution in [0.3, 0.4) is 0 Å². The number of rotatable bonds is 5. The molecule has 10 heteroatoms. The molecule has 0 saturated carbocycles. The van der Waals surface area contributed by atoms with E-state index in [2.05, 4.69) is 0 Å². The van der Waals surface area contributed by atoms with Crippen LogP contribution in [-0.2, 0) is 16.6 Å². The summed E-state index contributed by atoms with van der Waals surface area (Å²) >= 11 is 0. The molecule has 2 aromatic carbocycles. The van der Waals surface area contributed by atoms with Crippen molar-refractivity contribution >= 4 is 15.9 Å². The van der Waals surface area contributed by atoms with Crippen LogP contribution in [-0.4, -0.2) is 20.6 Å². The maximum atomic E-state index is 14.1. The molecule has 0 aliphatic heterocycles. The first-order chi connectivity index (χ1) is 12.6. The predicted molar refractivity (Wildman–Crippen MR) is 88.9 cm³/mol. The molecule has 0 spiro atoms. The van der Waals surface area contributed by atoms with Crippen LogP contribution in [0.4, 0.5) is 8.78 Å². The Hall–Kier alpha value is -3.50. The molecule has 0 bridgehead atoms. The van der Waals surface area contributed by atoms with Gasteiger partial charge in [-0.15, -0.1) is 0 Å². The van der Waals surface area contributed by atoms with Crippen LogP contribution in [0.1, 0.15) is 27.0 Å². The molecule has 27 heavy (non-hydrogen) atoms. The first-order valence-electron chi connectivity index (χ1n) is 7.21. The van der Waals surface area contributed by atoms with E-state index in [0.29, 0.717) is 18.4 Å². The van der Waals surface area contributed by atoms with Crippen LogP contribution in [0.15, 0.2) is 30.3 Å². The molecule has 0 fully saturated rings. The summed E-state index contributed by atoms with van der Waals surface area (Å²) in [5.74, 6) is -3.26. The molecule has 0 heterocycles. The van der Waals surface area contributed by atoms with E-state index in [1.165, 1.54) is 18.2 Å². The van der Waals surface area contributed by atoms with E-state index in [1.54, 1.807) is 4.72 Å². The number of ether oxygens (including phenoxy) is 1. The fourth-order valence-electron chi connectivity index (χ4n) is 2.06. The zero-order valence-corrected chi connectivity index (χ0v) is 14.6. The van der Waals surface area contributed by atoms with Crippen molar-refractivity contribution in [3.05, 3.63) is 64.2 Å². The van der Waals surface area contributed by atoms with E-state index in [4.69, 9.17) is 15.3 Å². The number of hydrogen-bond acceptors (Lipinski definition) is 6. The average molecular weight is 391 g/mol. The number of sulfonamides is 1. The van der Waals surface area contributed by atoms with Gasteiger partial charge < -0.3 is 4.74 Å². The lowest BCUT2D eigenvalue weighted by Gasteiger charge is -2.10. The van der Waals surface area contributed by atoms with E-state index in [-0.39, 0.29) is 22.4 Å². The van der Waals surface area contributed by atoms with E-state index in [0.717, 1.165) is 0 Å². The lowest BCUT2D eigenvalue weighted by molar-refractivity contribution is 0.0977. The molecule has 0 radical (unpaired) electrons. The van der Waals surface area contributed by atoms with Gasteiger partial charge in [0.2, 0.25) is 10.0 Å². The third-order valence-electron chi connectivity index (χ3n) is 3.29. The van der Waals surface area contributed by atoms with Crippen molar-refractivity contribution in [3.8, 4) is 17.9 Å². The Morgan fingerprint density at radius 1 is 1.11 bits per heavy atom. The summed E-state index contributed by atoms with van der Waals surface area (Å²) in [6.45, 7) is -0.423. The second kappa shape index (κ2) is 7.81. The van der Waals surface area contributed by atoms with Gasteiger partial charge >= 0.3 is 0 Å². The molecule has 1 amide bonds. The number of hydrogen-bond donors (Lipinski definition) is 1. The summed E-state index contributed by atoms with van der Waals surface area (Å²) in [6.07, 6.45) is 0.703. The molecule has 1 N–H and O–H groups in total. The monoisotopic (exact) mass is 391 g/mol. The molecule has 0 saturated heterocycles. The number of halogens is 2. The van der Waals surface area contributed by atoms with Gasteiger partial charge in [-0.2, -0.15) is 10.5 Å². The van der Waals surface area contributed by atoms with Crippen molar-refractivity contribution < 1.29 is 26.7 Å². The van der Waals surface area contributed by atoms with Crippen LogP contribution in [0.5, 0.6) is 5.75 Å². The first kappa shape index (κ1) is 19.8. The number of carbonyl (C=O) groups excluding carboxylic acids is 1. The minimum absolute atomic E-state index is 0.0643. The Labute approximate surface area is 153 Å². The van der Waals surface area contributed by atoms with Crippen LogP contribution in [0.25, 0.3) is 0 Å². The van der Waals surface area contributed by atoms with Gasteiger partial charge in [0.1, 0.15) is 36.1 Å². The molecule has 0 aliphatic carbocycles. The Bertz CT molecular complexity index is 1100. The van der Waals surface area contributed by atoms with E-state index in [9.17, 15) is 22.0 Å². The fraction of sp³-hybridized carbons (Fsp3) is 0.118. The molecule has 7 nitrogen and oxygen atoms in total. The number of nitriles is 2. The van der Waals surface area contributed by atoms with E-state index >= 15 is 0 Å². The van der Waals surface area contributed by atoms with E-state index < -0.39 is 39.7 Å². The number of benzene rings is 2. The molecule has 0 aromatic heterocycles. The van der Waals surface area contributed by atoms with Gasteiger partial charge in [0.15, 0.2) is 0 Å². The van der Waals surface area contributed by atoms with Gasteiger partial charge in [-0.05, 0) is 30.3 Å². The fourth-order valence-corrected chi connectivity index (χ4v) is 2.51. The topological polar surface area (TPSA) is 120 Å². The summed E-state index contributed by atoms with van der Waals surface area (Å²) in [6, 6.07) is 8.94. The summed E-state index contributed by atoms with van der Waals surface area (Å²) in [7, 11) is -3.93. The molecule has 138 valence electrons. The van der Waals surface area contributed by atoms with Crippen LogP contribution < -0.4 is 9.46 Å². The van der Waals surface area contributed by atoms with Crippen molar-refractivity contribution in [3.63, 3.8) is 0 Å². The third-order valence-corrected chi connectivity index (χ3v) is 3.84. The first-order valence-corrected chi connectivity index (χ1v) is 9.11. The molecule has 0 aliphatic rings. The van der Waals surface area contributed by atoms with Crippen molar-refractivity contribution in [2.45, 2.75) is 6.61 Å². The Kier molecular flexibility index (Phi) is 5.73. The quantitative estimate of drug-likeness (QED) is 0.832. The summed E-state index contributed by atoms with van der Waals surface area (Å²) in [4.78, 5) is 11.7. The summed E-state index contributed by atoms with van der Waals surface area (Å²) in [5, 5.41) is 17.8. The lowest BCUT2D eigenvalue weighted by Crippen LogP contribution is -2.30. The van der Waals surface area contributed by atoms with Crippen molar-refractivity contribution in [2.75, 3.05) is 6.26 Å². The van der Waals surface area contributed by atoms with Crippen LogP contribution in [0, 0.1) is 34.3 Å². The number of nitrogens with one attached hydrogen (secondary N) is 1. The van der Waals surface area contributed by atoms with Gasteiger partial charge in [0, 0.05) is 5.56 Å². The van der Waals surface area contributed by atoms with Crippen molar-refractivity contribution in [1.29, 1.82) is 10.5 Å². The maximum Gasteiger partial charge on any atom is 0.267 e. The predicted octanol–water partition coefficient (Wildman–Crippen LogP) is 1.98. The zero-order valence-electron chi connectivity index (χ0n) is 13.8. The highest BCUT2D eigenvalue weighted by Gasteiger charge is 2.19. The Balaban J connectivity index is 2.22. The molecular weight excluding hydrogens is 380 g/mol. The molecule has 0 unspecified atom stereocenters. The number of nitrogens with zero attached hydrogens (tertiary/aromatic N) is 2. The third kappa shape index (κ3) is 5.00. The number of amides is 1. The minimum atomic E-state index is -3.93. The smallest absolute Gasteiger partial charge is 0.267 e. The highest BCUT2D eigenvalue weighted by Crippen LogP contribution is 2.20. The lowest BCUT2D eigenvalue weighted by atomic mass is 10.1. The van der Waals surface area contributed by atoms with Gasteiger partial charge in [0.05, 0.1) is 22.9 Å².